The van der Waals surface area contributed by atoms with Gasteiger partial charge in [-0.1, -0.05) is 18.3 Å². The molecule has 1 rings (SSSR count). The Hall–Kier alpha value is -0.970. The lowest BCUT2D eigenvalue weighted by molar-refractivity contribution is -0.107. The van der Waals surface area contributed by atoms with Crippen LogP contribution in [0.5, 0.6) is 0 Å². The van der Waals surface area contributed by atoms with Crippen LogP contribution in [-0.4, -0.2) is 23.2 Å². The molecule has 4 nitrogen and oxygen atoms in total. The highest BCUT2D eigenvalue weighted by Gasteiger charge is 2.05. The summed E-state index contributed by atoms with van der Waals surface area (Å²) in [6, 6.07) is 0. The maximum Gasteiger partial charge on any atom is 0.215 e. The van der Waals surface area contributed by atoms with Crippen LogP contribution in [0.1, 0.15) is 13.3 Å². The highest BCUT2D eigenvalue weighted by molar-refractivity contribution is 7.13. The molecule has 1 aromatic rings. The predicted octanol–water partition coefficient (Wildman–Crippen LogP) is 0.911. The molecule has 0 atom stereocenters. The molecule has 11 heavy (non-hydrogen) atoms. The number of nitrogens with zero attached hydrogens (tertiary/aromatic N) is 3. The summed E-state index contributed by atoms with van der Waals surface area (Å²) in [6.07, 6.45) is 1.71. The van der Waals surface area contributed by atoms with E-state index in [1.165, 1.54) is 11.3 Å². The molecule has 60 valence electrons. The molecule has 0 aliphatic carbocycles. The summed E-state index contributed by atoms with van der Waals surface area (Å²) in [5.74, 6) is 0. The normalized spacial score (nSPS) is 9.55. The third-order valence-electron chi connectivity index (χ3n) is 1.19. The monoisotopic (exact) mass is 171 g/mol. The molecule has 0 unspecified atom stereocenters. The highest BCUT2D eigenvalue weighted by atomic mass is 32.1. The van der Waals surface area contributed by atoms with Crippen LogP contribution in [0.3, 0.4) is 0 Å². The summed E-state index contributed by atoms with van der Waals surface area (Å²) in [5, 5.41) is 8.08. The number of anilines is 1. The van der Waals surface area contributed by atoms with Gasteiger partial charge in [0.25, 0.3) is 0 Å². The fourth-order valence-corrected chi connectivity index (χ4v) is 1.28. The summed E-state index contributed by atoms with van der Waals surface area (Å²) in [5.41, 5.74) is 1.61. The van der Waals surface area contributed by atoms with Gasteiger partial charge in [-0.3, -0.25) is 9.69 Å². The van der Waals surface area contributed by atoms with Gasteiger partial charge in [-0.2, -0.15) is 0 Å². The zero-order chi connectivity index (χ0) is 8.10. The molecular weight excluding hydrogens is 162 g/mol. The van der Waals surface area contributed by atoms with Gasteiger partial charge in [-0.05, 0) is 6.42 Å². The topological polar surface area (TPSA) is 46.1 Å². The van der Waals surface area contributed by atoms with Crippen molar-refractivity contribution in [3.05, 3.63) is 5.51 Å². The van der Waals surface area contributed by atoms with Gasteiger partial charge in [0.15, 0.2) is 0 Å². The first-order chi connectivity index (χ1) is 5.38. The highest BCUT2D eigenvalue weighted by Crippen LogP contribution is 2.13. The molecule has 0 saturated carbocycles. The summed E-state index contributed by atoms with van der Waals surface area (Å²) in [6.45, 7) is 2.72. The van der Waals surface area contributed by atoms with Crippen molar-refractivity contribution in [2.75, 3.05) is 11.4 Å². The Kier molecular flexibility index (Phi) is 2.97. The Morgan fingerprint density at radius 1 is 1.82 bits per heavy atom. The van der Waals surface area contributed by atoms with E-state index in [2.05, 4.69) is 10.2 Å². The van der Waals surface area contributed by atoms with Crippen LogP contribution in [0.15, 0.2) is 5.51 Å². The number of hydrogen-bond donors (Lipinski definition) is 0. The minimum absolute atomic E-state index is 0.668. The maximum absolute atomic E-state index is 10.5. The maximum atomic E-state index is 10.5. The lowest BCUT2D eigenvalue weighted by Crippen LogP contribution is -2.21. The van der Waals surface area contributed by atoms with E-state index in [-0.39, 0.29) is 0 Å². The SMILES string of the molecule is CCCN(C=O)c1nncs1. The Bertz CT molecular complexity index is 212. The van der Waals surface area contributed by atoms with E-state index in [0.29, 0.717) is 11.7 Å². The molecule has 0 N–H and O–H groups in total. The summed E-state index contributed by atoms with van der Waals surface area (Å²) < 4.78 is 0. The average molecular weight is 171 g/mol. The van der Waals surface area contributed by atoms with E-state index in [0.717, 1.165) is 12.8 Å². The number of carbonyl (C=O) groups is 1. The van der Waals surface area contributed by atoms with Crippen molar-refractivity contribution < 1.29 is 4.79 Å². The van der Waals surface area contributed by atoms with Gasteiger partial charge in [0.1, 0.15) is 5.51 Å². The fraction of sp³-hybridized carbons (Fsp3) is 0.500. The number of carbonyl (C=O) groups excluding carboxylic acids is 1. The second-order valence-electron chi connectivity index (χ2n) is 2.02. The largest absolute Gasteiger partial charge is 0.289 e. The van der Waals surface area contributed by atoms with Crippen LogP contribution in [0, 0.1) is 0 Å². The number of amides is 1. The zero-order valence-electron chi connectivity index (χ0n) is 6.23. The number of hydrogen-bond acceptors (Lipinski definition) is 4. The summed E-state index contributed by atoms with van der Waals surface area (Å²) >= 11 is 1.37. The van der Waals surface area contributed by atoms with Crippen LogP contribution in [-0.2, 0) is 4.79 Å². The molecule has 0 aliphatic heterocycles. The predicted molar refractivity (Wildman–Crippen MR) is 43.6 cm³/mol. The van der Waals surface area contributed by atoms with E-state index in [9.17, 15) is 4.79 Å². The van der Waals surface area contributed by atoms with Gasteiger partial charge in [0.2, 0.25) is 11.5 Å². The summed E-state index contributed by atoms with van der Waals surface area (Å²) in [7, 11) is 0. The van der Waals surface area contributed by atoms with Gasteiger partial charge < -0.3 is 0 Å². The van der Waals surface area contributed by atoms with Crippen LogP contribution in [0.4, 0.5) is 5.13 Å². The van der Waals surface area contributed by atoms with Gasteiger partial charge in [-0.25, -0.2) is 0 Å². The second kappa shape index (κ2) is 4.02. The molecular formula is C6H9N3OS. The van der Waals surface area contributed by atoms with Crippen molar-refractivity contribution in [1.29, 1.82) is 0 Å². The van der Waals surface area contributed by atoms with E-state index < -0.39 is 0 Å². The zero-order valence-corrected chi connectivity index (χ0v) is 7.04. The molecule has 0 fully saturated rings. The van der Waals surface area contributed by atoms with E-state index in [4.69, 9.17) is 0 Å². The van der Waals surface area contributed by atoms with Gasteiger partial charge in [0.05, 0.1) is 0 Å². The van der Waals surface area contributed by atoms with Gasteiger partial charge >= 0.3 is 0 Å². The molecule has 0 spiro atoms. The van der Waals surface area contributed by atoms with Crippen molar-refractivity contribution in [1.82, 2.24) is 10.2 Å². The van der Waals surface area contributed by atoms with E-state index >= 15 is 0 Å². The van der Waals surface area contributed by atoms with Crippen molar-refractivity contribution >= 4 is 22.9 Å². The Labute approximate surface area is 68.9 Å². The molecule has 5 heteroatoms. The lowest BCUT2D eigenvalue weighted by Gasteiger charge is -2.10. The molecule has 0 aromatic carbocycles. The Morgan fingerprint density at radius 2 is 2.64 bits per heavy atom. The second-order valence-corrected chi connectivity index (χ2v) is 2.83. The minimum Gasteiger partial charge on any atom is -0.289 e. The third kappa shape index (κ3) is 1.98. The number of rotatable bonds is 4. The average Bonchev–Trinajstić information content (AvgIpc) is 2.52. The van der Waals surface area contributed by atoms with Crippen molar-refractivity contribution in [2.24, 2.45) is 0 Å². The van der Waals surface area contributed by atoms with Crippen LogP contribution >= 0.6 is 11.3 Å². The van der Waals surface area contributed by atoms with E-state index in [1.54, 1.807) is 10.4 Å². The molecule has 0 bridgehead atoms. The standard InChI is InChI=1S/C6H9N3OS/c1-2-3-9(5-10)6-8-7-4-11-6/h4-5H,2-3H2,1H3. The molecule has 0 aliphatic rings. The van der Waals surface area contributed by atoms with E-state index in [1.807, 2.05) is 6.92 Å². The third-order valence-corrected chi connectivity index (χ3v) is 1.91. The molecule has 1 amide bonds. The quantitative estimate of drug-likeness (QED) is 0.632. The van der Waals surface area contributed by atoms with Gasteiger partial charge in [0, 0.05) is 6.54 Å². The van der Waals surface area contributed by atoms with Crippen LogP contribution in [0.2, 0.25) is 0 Å². The summed E-state index contributed by atoms with van der Waals surface area (Å²) in [4.78, 5) is 12.0. The molecule has 1 aromatic heterocycles. The Balaban J connectivity index is 2.63. The first kappa shape index (κ1) is 8.13. The number of aromatic nitrogens is 2. The first-order valence-electron chi connectivity index (χ1n) is 3.36. The van der Waals surface area contributed by atoms with Crippen LogP contribution < -0.4 is 4.90 Å². The smallest absolute Gasteiger partial charge is 0.215 e. The van der Waals surface area contributed by atoms with Crippen LogP contribution in [0.25, 0.3) is 0 Å². The molecule has 1 heterocycles. The molecule has 0 saturated heterocycles. The van der Waals surface area contributed by atoms with Crippen molar-refractivity contribution in [3.8, 4) is 0 Å². The lowest BCUT2D eigenvalue weighted by atomic mass is 10.5. The van der Waals surface area contributed by atoms with Crippen molar-refractivity contribution in [2.45, 2.75) is 13.3 Å². The fourth-order valence-electron chi connectivity index (χ4n) is 0.727. The van der Waals surface area contributed by atoms with Gasteiger partial charge in [-0.15, -0.1) is 10.2 Å². The Morgan fingerprint density at radius 3 is 3.09 bits per heavy atom. The minimum atomic E-state index is 0.668. The van der Waals surface area contributed by atoms with Crippen molar-refractivity contribution in [3.63, 3.8) is 0 Å². The molecule has 0 radical (unpaired) electrons. The first-order valence-corrected chi connectivity index (χ1v) is 4.24.